The summed E-state index contributed by atoms with van der Waals surface area (Å²) in [4.78, 5) is 16.8. The third-order valence-corrected chi connectivity index (χ3v) is 4.59. The number of hydrogen-bond donors (Lipinski definition) is 2. The summed E-state index contributed by atoms with van der Waals surface area (Å²) in [6.07, 6.45) is 2.37. The average Bonchev–Trinajstić information content (AvgIpc) is 2.93. The van der Waals surface area contributed by atoms with Gasteiger partial charge < -0.3 is 15.4 Å². The average molecular weight is 283 g/mol. The van der Waals surface area contributed by atoms with Gasteiger partial charge in [-0.3, -0.25) is 4.79 Å². The molecule has 1 aromatic rings. The minimum Gasteiger partial charge on any atom is -0.368 e. The van der Waals surface area contributed by atoms with Gasteiger partial charge in [0.05, 0.1) is 17.2 Å². The normalized spacial score (nSPS) is 18.2. The molecular weight excluding hydrogens is 262 g/mol. The zero-order valence-corrected chi connectivity index (χ0v) is 12.3. The number of aryl methyl sites for hydroxylation is 1. The molecule has 0 radical (unpaired) electrons. The number of carbonyl (C=O) groups is 1. The number of methoxy groups -OCH3 is 1. The van der Waals surface area contributed by atoms with Crippen molar-refractivity contribution in [2.24, 2.45) is 0 Å². The van der Waals surface area contributed by atoms with E-state index in [0.29, 0.717) is 19.4 Å². The van der Waals surface area contributed by atoms with Crippen molar-refractivity contribution >= 4 is 17.2 Å². The Morgan fingerprint density at radius 2 is 2.32 bits per heavy atom. The van der Waals surface area contributed by atoms with Crippen LogP contribution < -0.4 is 10.6 Å². The van der Waals surface area contributed by atoms with Crippen LogP contribution in [0.25, 0.3) is 0 Å². The van der Waals surface area contributed by atoms with E-state index in [4.69, 9.17) is 4.74 Å². The van der Waals surface area contributed by atoms with Crippen LogP contribution in [0.3, 0.4) is 0 Å². The second-order valence-electron chi connectivity index (χ2n) is 4.72. The summed E-state index contributed by atoms with van der Waals surface area (Å²) in [5, 5.41) is 9.30. The fourth-order valence-corrected chi connectivity index (χ4v) is 3.02. The van der Waals surface area contributed by atoms with Gasteiger partial charge in [-0.1, -0.05) is 6.92 Å². The molecule has 0 spiro atoms. The first-order valence-electron chi connectivity index (χ1n) is 6.67. The van der Waals surface area contributed by atoms with Crippen molar-refractivity contribution in [3.8, 4) is 0 Å². The first-order chi connectivity index (χ1) is 9.20. The predicted octanol–water partition coefficient (Wildman–Crippen LogP) is 1.09. The van der Waals surface area contributed by atoms with E-state index in [1.54, 1.807) is 18.4 Å². The summed E-state index contributed by atoms with van der Waals surface area (Å²) >= 11 is 1.64. The highest BCUT2D eigenvalue weighted by Gasteiger charge is 2.39. The molecule has 1 aliphatic rings. The first-order valence-corrected chi connectivity index (χ1v) is 7.55. The van der Waals surface area contributed by atoms with E-state index in [1.807, 2.05) is 5.38 Å². The SMILES string of the molecule is CCc1nc(CNC(=O)C2(OC)CCNCC2)cs1. The molecule has 1 aliphatic heterocycles. The maximum Gasteiger partial charge on any atom is 0.252 e. The molecule has 2 heterocycles. The fourth-order valence-electron chi connectivity index (χ4n) is 2.28. The lowest BCUT2D eigenvalue weighted by molar-refractivity contribution is -0.146. The molecule has 1 saturated heterocycles. The van der Waals surface area contributed by atoms with Crippen molar-refractivity contribution in [1.82, 2.24) is 15.6 Å². The second kappa shape index (κ2) is 6.45. The number of amides is 1. The van der Waals surface area contributed by atoms with Gasteiger partial charge in [0.1, 0.15) is 5.60 Å². The van der Waals surface area contributed by atoms with Gasteiger partial charge in [-0.15, -0.1) is 11.3 Å². The van der Waals surface area contributed by atoms with Gasteiger partial charge in [0.15, 0.2) is 0 Å². The molecule has 2 rings (SSSR count). The van der Waals surface area contributed by atoms with Crippen LogP contribution in [0.15, 0.2) is 5.38 Å². The molecule has 1 fully saturated rings. The predicted molar refractivity (Wildman–Crippen MR) is 75.2 cm³/mol. The van der Waals surface area contributed by atoms with Crippen molar-refractivity contribution in [2.45, 2.75) is 38.3 Å². The Morgan fingerprint density at radius 1 is 1.58 bits per heavy atom. The van der Waals surface area contributed by atoms with Gasteiger partial charge >= 0.3 is 0 Å². The van der Waals surface area contributed by atoms with Crippen LogP contribution in [0, 0.1) is 0 Å². The summed E-state index contributed by atoms with van der Waals surface area (Å²) in [6, 6.07) is 0. The molecule has 5 nitrogen and oxygen atoms in total. The van der Waals surface area contributed by atoms with Crippen molar-refractivity contribution in [2.75, 3.05) is 20.2 Å². The molecule has 106 valence electrons. The molecule has 6 heteroatoms. The number of aromatic nitrogens is 1. The van der Waals surface area contributed by atoms with E-state index in [2.05, 4.69) is 22.5 Å². The monoisotopic (exact) mass is 283 g/mol. The molecule has 0 aromatic carbocycles. The third-order valence-electron chi connectivity index (χ3n) is 3.55. The second-order valence-corrected chi connectivity index (χ2v) is 5.66. The van der Waals surface area contributed by atoms with E-state index >= 15 is 0 Å². The largest absolute Gasteiger partial charge is 0.368 e. The maximum absolute atomic E-state index is 12.3. The number of nitrogens with one attached hydrogen (secondary N) is 2. The molecule has 2 N–H and O–H groups in total. The van der Waals surface area contributed by atoms with Crippen LogP contribution in [-0.2, 0) is 22.5 Å². The van der Waals surface area contributed by atoms with E-state index < -0.39 is 5.60 Å². The number of nitrogens with zero attached hydrogens (tertiary/aromatic N) is 1. The third kappa shape index (κ3) is 3.32. The standard InChI is InChI=1S/C13H21N3O2S/c1-3-11-16-10(9-19-11)8-15-12(17)13(18-2)4-6-14-7-5-13/h9,14H,3-8H2,1-2H3,(H,15,17). The first kappa shape index (κ1) is 14.4. The van der Waals surface area contributed by atoms with E-state index in [1.165, 1.54) is 0 Å². The van der Waals surface area contributed by atoms with Crippen LogP contribution in [-0.4, -0.2) is 36.7 Å². The number of carbonyl (C=O) groups excluding carboxylic acids is 1. The number of thiazole rings is 1. The molecule has 0 saturated carbocycles. The molecule has 0 bridgehead atoms. The lowest BCUT2D eigenvalue weighted by Crippen LogP contribution is -2.53. The van der Waals surface area contributed by atoms with E-state index in [0.717, 1.165) is 30.2 Å². The van der Waals surface area contributed by atoms with Gasteiger partial charge in [-0.25, -0.2) is 4.98 Å². The molecular formula is C13H21N3O2S. The minimum atomic E-state index is -0.672. The molecule has 19 heavy (non-hydrogen) atoms. The van der Waals surface area contributed by atoms with Gasteiger partial charge in [0.25, 0.3) is 5.91 Å². The Kier molecular flexibility index (Phi) is 4.90. The Labute approximate surface area is 117 Å². The number of ether oxygens (including phenoxy) is 1. The number of piperidine rings is 1. The lowest BCUT2D eigenvalue weighted by atomic mass is 9.91. The topological polar surface area (TPSA) is 63.2 Å². The van der Waals surface area contributed by atoms with Crippen molar-refractivity contribution in [3.63, 3.8) is 0 Å². The molecule has 1 aromatic heterocycles. The quantitative estimate of drug-likeness (QED) is 0.849. The Morgan fingerprint density at radius 3 is 2.89 bits per heavy atom. The Bertz CT molecular complexity index is 427. The highest BCUT2D eigenvalue weighted by molar-refractivity contribution is 7.09. The molecule has 0 unspecified atom stereocenters. The highest BCUT2D eigenvalue weighted by Crippen LogP contribution is 2.22. The molecule has 1 amide bonds. The van der Waals surface area contributed by atoms with Crippen LogP contribution in [0.1, 0.15) is 30.5 Å². The van der Waals surface area contributed by atoms with Gasteiger partial charge in [-0.2, -0.15) is 0 Å². The summed E-state index contributed by atoms with van der Waals surface area (Å²) in [6.45, 7) is 4.19. The van der Waals surface area contributed by atoms with Crippen molar-refractivity contribution < 1.29 is 9.53 Å². The maximum atomic E-state index is 12.3. The molecule has 0 aliphatic carbocycles. The Balaban J connectivity index is 1.92. The number of hydrogen-bond acceptors (Lipinski definition) is 5. The summed E-state index contributed by atoms with van der Waals surface area (Å²) in [5.74, 6) is -0.0254. The zero-order chi connectivity index (χ0) is 13.7. The summed E-state index contributed by atoms with van der Waals surface area (Å²) in [7, 11) is 1.61. The summed E-state index contributed by atoms with van der Waals surface area (Å²) in [5.41, 5.74) is 0.255. The summed E-state index contributed by atoms with van der Waals surface area (Å²) < 4.78 is 5.49. The highest BCUT2D eigenvalue weighted by atomic mass is 32.1. The van der Waals surface area contributed by atoms with Crippen LogP contribution in [0.5, 0.6) is 0 Å². The van der Waals surface area contributed by atoms with Crippen LogP contribution >= 0.6 is 11.3 Å². The van der Waals surface area contributed by atoms with Gasteiger partial charge in [0, 0.05) is 12.5 Å². The van der Waals surface area contributed by atoms with Crippen molar-refractivity contribution in [1.29, 1.82) is 0 Å². The van der Waals surface area contributed by atoms with Gasteiger partial charge in [0.2, 0.25) is 0 Å². The number of rotatable bonds is 5. The van der Waals surface area contributed by atoms with Crippen LogP contribution in [0.2, 0.25) is 0 Å². The van der Waals surface area contributed by atoms with Crippen molar-refractivity contribution in [3.05, 3.63) is 16.1 Å². The smallest absolute Gasteiger partial charge is 0.252 e. The minimum absolute atomic E-state index is 0.0254. The molecule has 0 atom stereocenters. The zero-order valence-electron chi connectivity index (χ0n) is 11.5. The lowest BCUT2D eigenvalue weighted by Gasteiger charge is -2.34. The van der Waals surface area contributed by atoms with E-state index in [-0.39, 0.29) is 5.91 Å². The van der Waals surface area contributed by atoms with Crippen LogP contribution in [0.4, 0.5) is 0 Å². The van der Waals surface area contributed by atoms with Gasteiger partial charge in [-0.05, 0) is 32.4 Å². The van der Waals surface area contributed by atoms with E-state index in [9.17, 15) is 4.79 Å². The fraction of sp³-hybridized carbons (Fsp3) is 0.692. The Hall–Kier alpha value is -0.980.